The number of amides is 2. The van der Waals surface area contributed by atoms with Crippen LogP contribution in [0, 0.1) is 5.41 Å². The molecule has 0 aromatic carbocycles. The summed E-state index contributed by atoms with van der Waals surface area (Å²) < 4.78 is 0. The Hall–Kier alpha value is -0.620. The number of carbonyl (C=O) groups excluding carboxylic acids is 2. The van der Waals surface area contributed by atoms with Gasteiger partial charge in [0, 0.05) is 35.6 Å². The van der Waals surface area contributed by atoms with E-state index in [1.807, 2.05) is 20.8 Å². The quantitative estimate of drug-likeness (QED) is 0.410. The van der Waals surface area contributed by atoms with E-state index in [1.165, 1.54) is 0 Å². The van der Waals surface area contributed by atoms with E-state index in [0.29, 0.717) is 18.7 Å². The highest BCUT2D eigenvalue weighted by molar-refractivity contribution is 8.76. The van der Waals surface area contributed by atoms with Crippen LogP contribution >= 0.6 is 21.6 Å². The molecule has 0 heterocycles. The van der Waals surface area contributed by atoms with Crippen molar-refractivity contribution in [1.29, 1.82) is 0 Å². The second kappa shape index (κ2) is 9.31. The summed E-state index contributed by atoms with van der Waals surface area (Å²) in [6, 6.07) is 0. The van der Waals surface area contributed by atoms with Crippen molar-refractivity contribution < 1.29 is 9.59 Å². The van der Waals surface area contributed by atoms with Crippen molar-refractivity contribution in [3.63, 3.8) is 0 Å². The zero-order chi connectivity index (χ0) is 14.9. The maximum atomic E-state index is 11.6. The van der Waals surface area contributed by atoms with Gasteiger partial charge < -0.3 is 10.6 Å². The molecule has 4 nitrogen and oxygen atoms in total. The minimum absolute atomic E-state index is 0.0758. The molecular weight excluding hydrogens is 280 g/mol. The molecule has 0 saturated heterocycles. The predicted molar refractivity (Wildman–Crippen MR) is 85.2 cm³/mol. The third-order valence-corrected chi connectivity index (χ3v) is 4.50. The van der Waals surface area contributed by atoms with Crippen LogP contribution in [0.1, 0.15) is 27.7 Å². The van der Waals surface area contributed by atoms with Gasteiger partial charge in [0.1, 0.15) is 0 Å². The predicted octanol–water partition coefficient (Wildman–Crippen LogP) is 2.22. The fourth-order valence-electron chi connectivity index (χ4n) is 0.946. The van der Waals surface area contributed by atoms with Crippen molar-refractivity contribution in [2.75, 3.05) is 24.6 Å². The lowest BCUT2D eigenvalue weighted by atomic mass is 9.96. The normalized spacial score (nSPS) is 10.9. The van der Waals surface area contributed by atoms with Gasteiger partial charge in [-0.3, -0.25) is 9.59 Å². The van der Waals surface area contributed by atoms with Gasteiger partial charge in [0.15, 0.2) is 0 Å². The fourth-order valence-corrected chi connectivity index (χ4v) is 2.76. The van der Waals surface area contributed by atoms with Crippen LogP contribution < -0.4 is 10.6 Å². The third-order valence-electron chi connectivity index (χ3n) is 2.09. The molecule has 6 heteroatoms. The summed E-state index contributed by atoms with van der Waals surface area (Å²) >= 11 is 0. The van der Waals surface area contributed by atoms with Gasteiger partial charge in [-0.25, -0.2) is 0 Å². The molecule has 2 N–H and O–H groups in total. The number of rotatable bonds is 8. The van der Waals surface area contributed by atoms with Gasteiger partial charge in [0.25, 0.3) is 0 Å². The van der Waals surface area contributed by atoms with Gasteiger partial charge >= 0.3 is 0 Å². The maximum absolute atomic E-state index is 11.6. The SMILES string of the molecule is C=C(C)C(=O)NCCSSCCNC(=O)C(C)(C)C. The molecule has 110 valence electrons. The molecule has 19 heavy (non-hydrogen) atoms. The second-order valence-electron chi connectivity index (χ2n) is 5.19. The van der Waals surface area contributed by atoms with Crippen LogP contribution in [0.15, 0.2) is 12.2 Å². The Bertz CT molecular complexity index is 325. The summed E-state index contributed by atoms with van der Waals surface area (Å²) in [5, 5.41) is 5.66. The molecule has 0 radical (unpaired) electrons. The zero-order valence-electron chi connectivity index (χ0n) is 12.2. The Morgan fingerprint density at radius 2 is 1.53 bits per heavy atom. The van der Waals surface area contributed by atoms with E-state index in [2.05, 4.69) is 17.2 Å². The van der Waals surface area contributed by atoms with Crippen LogP contribution in [0.2, 0.25) is 0 Å². The molecule has 0 aliphatic carbocycles. The topological polar surface area (TPSA) is 58.2 Å². The summed E-state index contributed by atoms with van der Waals surface area (Å²) in [5.41, 5.74) is 0.201. The number of nitrogens with one attached hydrogen (secondary N) is 2. The summed E-state index contributed by atoms with van der Waals surface area (Å²) in [6.07, 6.45) is 0. The molecule has 0 aromatic rings. The summed E-state index contributed by atoms with van der Waals surface area (Å²) in [6.45, 7) is 12.3. The van der Waals surface area contributed by atoms with Crippen LogP contribution in [0.25, 0.3) is 0 Å². The Kier molecular flexibility index (Phi) is 9.01. The van der Waals surface area contributed by atoms with Crippen molar-refractivity contribution in [2.24, 2.45) is 5.41 Å². The van der Waals surface area contributed by atoms with Crippen molar-refractivity contribution in [3.8, 4) is 0 Å². The van der Waals surface area contributed by atoms with E-state index in [-0.39, 0.29) is 17.2 Å². The molecule has 0 aliphatic rings. The average molecular weight is 304 g/mol. The van der Waals surface area contributed by atoms with Gasteiger partial charge in [0.05, 0.1) is 0 Å². The molecule has 0 bridgehead atoms. The van der Waals surface area contributed by atoms with E-state index in [4.69, 9.17) is 0 Å². The highest BCUT2D eigenvalue weighted by atomic mass is 33.1. The van der Waals surface area contributed by atoms with E-state index in [0.717, 1.165) is 11.5 Å². The molecule has 0 aliphatic heterocycles. The van der Waals surface area contributed by atoms with E-state index in [1.54, 1.807) is 28.5 Å². The highest BCUT2D eigenvalue weighted by Gasteiger charge is 2.20. The molecule has 0 spiro atoms. The molecule has 0 saturated carbocycles. The molecule has 0 aromatic heterocycles. The Morgan fingerprint density at radius 1 is 1.05 bits per heavy atom. The van der Waals surface area contributed by atoms with Gasteiger partial charge in [-0.1, -0.05) is 48.9 Å². The van der Waals surface area contributed by atoms with Crippen molar-refractivity contribution in [2.45, 2.75) is 27.7 Å². The van der Waals surface area contributed by atoms with Crippen LogP contribution in [0.5, 0.6) is 0 Å². The Morgan fingerprint density at radius 3 is 1.95 bits per heavy atom. The largest absolute Gasteiger partial charge is 0.355 e. The van der Waals surface area contributed by atoms with Crippen molar-refractivity contribution >= 4 is 33.4 Å². The molecular formula is C13H24N2O2S2. The lowest BCUT2D eigenvalue weighted by molar-refractivity contribution is -0.128. The summed E-state index contributed by atoms with van der Waals surface area (Å²) in [4.78, 5) is 22.7. The minimum atomic E-state index is -0.329. The first-order valence-corrected chi connectivity index (χ1v) is 8.70. The highest BCUT2D eigenvalue weighted by Crippen LogP contribution is 2.19. The third kappa shape index (κ3) is 9.90. The van der Waals surface area contributed by atoms with Crippen LogP contribution in [0.3, 0.4) is 0 Å². The van der Waals surface area contributed by atoms with Gasteiger partial charge in [-0.2, -0.15) is 0 Å². The van der Waals surface area contributed by atoms with E-state index in [9.17, 15) is 9.59 Å². The molecule has 0 unspecified atom stereocenters. The van der Waals surface area contributed by atoms with E-state index >= 15 is 0 Å². The fraction of sp³-hybridized carbons (Fsp3) is 0.692. The van der Waals surface area contributed by atoms with Crippen molar-refractivity contribution in [3.05, 3.63) is 12.2 Å². The molecule has 0 atom stereocenters. The first-order valence-electron chi connectivity index (χ1n) is 6.21. The first kappa shape index (κ1) is 18.4. The lowest BCUT2D eigenvalue weighted by Crippen LogP contribution is -2.35. The maximum Gasteiger partial charge on any atom is 0.246 e. The number of carbonyl (C=O) groups is 2. The summed E-state index contributed by atoms with van der Waals surface area (Å²) in [5.74, 6) is 1.69. The number of hydrogen-bond acceptors (Lipinski definition) is 4. The smallest absolute Gasteiger partial charge is 0.246 e. The van der Waals surface area contributed by atoms with Crippen molar-refractivity contribution in [1.82, 2.24) is 10.6 Å². The zero-order valence-corrected chi connectivity index (χ0v) is 13.8. The first-order chi connectivity index (χ1) is 8.75. The molecule has 0 rings (SSSR count). The van der Waals surface area contributed by atoms with Crippen LogP contribution in [0.4, 0.5) is 0 Å². The van der Waals surface area contributed by atoms with E-state index < -0.39 is 0 Å². The molecule has 0 fully saturated rings. The Balaban J connectivity index is 3.40. The van der Waals surface area contributed by atoms with Crippen LogP contribution in [-0.4, -0.2) is 36.4 Å². The van der Waals surface area contributed by atoms with Crippen LogP contribution in [-0.2, 0) is 9.59 Å². The summed E-state index contributed by atoms with van der Waals surface area (Å²) in [7, 11) is 3.38. The monoisotopic (exact) mass is 304 g/mol. The Labute approximate surface area is 123 Å². The van der Waals surface area contributed by atoms with Gasteiger partial charge in [0.2, 0.25) is 11.8 Å². The molecule has 2 amide bonds. The minimum Gasteiger partial charge on any atom is -0.355 e. The average Bonchev–Trinajstić information content (AvgIpc) is 2.30. The van der Waals surface area contributed by atoms with Gasteiger partial charge in [-0.15, -0.1) is 0 Å². The second-order valence-corrected chi connectivity index (χ2v) is 7.89. The number of hydrogen-bond donors (Lipinski definition) is 2. The van der Waals surface area contributed by atoms with Gasteiger partial charge in [-0.05, 0) is 6.92 Å². The standard InChI is InChI=1S/C13H24N2O2S2/c1-10(2)11(16)14-6-8-18-19-9-7-15-12(17)13(3,4)5/h1,6-9H2,2-5H3,(H,14,16)(H,15,17). The lowest BCUT2D eigenvalue weighted by Gasteiger charge is -2.17.